The summed E-state index contributed by atoms with van der Waals surface area (Å²) in [6.45, 7) is 10.4. The average Bonchev–Trinajstić information content (AvgIpc) is 2.51. The molecule has 0 aliphatic rings. The summed E-state index contributed by atoms with van der Waals surface area (Å²) in [6.07, 6.45) is 0.740. The highest BCUT2D eigenvalue weighted by Crippen LogP contribution is 2.27. The molecule has 3 heteroatoms. The third kappa shape index (κ3) is 3.32. The Morgan fingerprint density at radius 3 is 2.33 bits per heavy atom. The lowest BCUT2D eigenvalue weighted by Crippen LogP contribution is -2.14. The minimum Gasteiger partial charge on any atom is -0.246 e. The second-order valence-corrected chi connectivity index (χ2v) is 6.49. The number of thiazole rings is 1. The van der Waals surface area contributed by atoms with Gasteiger partial charge in [0.05, 0.1) is 22.2 Å². The molecule has 15 heavy (non-hydrogen) atoms. The summed E-state index contributed by atoms with van der Waals surface area (Å²) in [5.74, 6) is 0. The van der Waals surface area contributed by atoms with Crippen molar-refractivity contribution in [2.75, 3.05) is 0 Å². The molecule has 0 radical (unpaired) electrons. The molecule has 1 aromatic rings. The molecule has 1 rings (SSSR count). The average molecular weight is 222 g/mol. The van der Waals surface area contributed by atoms with E-state index in [0.29, 0.717) is 0 Å². The number of aromatic nitrogens is 1. The lowest BCUT2D eigenvalue weighted by Gasteiger charge is -2.15. The fourth-order valence-corrected chi connectivity index (χ4v) is 2.40. The molecule has 1 aromatic heterocycles. The topological polar surface area (TPSA) is 36.7 Å². The fraction of sp³-hybridized carbons (Fsp3) is 0.667. The van der Waals surface area contributed by atoms with Crippen LogP contribution in [0.25, 0.3) is 0 Å². The number of hydrogen-bond donors (Lipinski definition) is 0. The Morgan fingerprint density at radius 2 is 1.93 bits per heavy atom. The first-order valence-corrected chi connectivity index (χ1v) is 5.99. The molecule has 0 amide bonds. The van der Waals surface area contributed by atoms with Crippen molar-refractivity contribution in [2.24, 2.45) is 5.41 Å². The molecule has 0 aliphatic heterocycles. The highest BCUT2D eigenvalue weighted by molar-refractivity contribution is 7.09. The minimum absolute atomic E-state index is 0.103. The first kappa shape index (κ1) is 12.2. The molecule has 0 spiro atoms. The van der Waals surface area contributed by atoms with E-state index < -0.39 is 0 Å². The zero-order chi connectivity index (χ0) is 11.7. The molecule has 0 atom stereocenters. The Bertz CT molecular complexity index is 377. The molecule has 1 heterocycles. The van der Waals surface area contributed by atoms with Crippen LogP contribution in [0.1, 0.15) is 45.3 Å². The highest BCUT2D eigenvalue weighted by atomic mass is 32.1. The smallest absolute Gasteiger partial charge is 0.0944 e. The summed E-state index contributed by atoms with van der Waals surface area (Å²) in [4.78, 5) is 4.58. The van der Waals surface area contributed by atoms with Gasteiger partial charge in [-0.25, -0.2) is 4.98 Å². The van der Waals surface area contributed by atoms with Crippen molar-refractivity contribution in [3.05, 3.63) is 16.1 Å². The molecular formula is C12H18N2S. The molecule has 0 saturated heterocycles. The molecule has 0 bridgehead atoms. The summed E-state index contributed by atoms with van der Waals surface area (Å²) in [5, 5.41) is 12.1. The van der Waals surface area contributed by atoms with Crippen molar-refractivity contribution in [3.63, 3.8) is 0 Å². The Kier molecular flexibility index (Phi) is 3.20. The Labute approximate surface area is 96.0 Å². The molecule has 82 valence electrons. The fourth-order valence-electron chi connectivity index (χ4n) is 1.15. The maximum absolute atomic E-state index is 8.95. The standard InChI is InChI=1S/C12H18N2S/c1-11(2,3)9-7-15-10(14-9)6-12(4,5)8-13/h7H,6H2,1-5H3. The quantitative estimate of drug-likeness (QED) is 0.767. The minimum atomic E-state index is -0.312. The number of nitriles is 1. The SMILES string of the molecule is CC(C)(C#N)Cc1nc(C(C)(C)C)cs1. The van der Waals surface area contributed by atoms with Crippen LogP contribution < -0.4 is 0 Å². The second-order valence-electron chi connectivity index (χ2n) is 5.55. The molecule has 0 unspecified atom stereocenters. The van der Waals surface area contributed by atoms with Crippen molar-refractivity contribution >= 4 is 11.3 Å². The maximum atomic E-state index is 8.95. The van der Waals surface area contributed by atoms with Gasteiger partial charge in [-0.3, -0.25) is 0 Å². The van der Waals surface area contributed by atoms with Crippen molar-refractivity contribution < 1.29 is 0 Å². The number of rotatable bonds is 2. The number of nitrogens with zero attached hydrogens (tertiary/aromatic N) is 2. The van der Waals surface area contributed by atoms with Crippen molar-refractivity contribution in [1.82, 2.24) is 4.98 Å². The van der Waals surface area contributed by atoms with E-state index in [0.717, 1.165) is 17.1 Å². The van der Waals surface area contributed by atoms with Crippen molar-refractivity contribution in [3.8, 4) is 6.07 Å². The van der Waals surface area contributed by atoms with E-state index >= 15 is 0 Å². The molecule has 0 fully saturated rings. The van der Waals surface area contributed by atoms with Crippen LogP contribution in [0.15, 0.2) is 5.38 Å². The Hall–Kier alpha value is -0.880. The van der Waals surface area contributed by atoms with Gasteiger partial charge >= 0.3 is 0 Å². The Morgan fingerprint density at radius 1 is 1.33 bits per heavy atom. The van der Waals surface area contributed by atoms with Gasteiger partial charge in [-0.1, -0.05) is 20.8 Å². The van der Waals surface area contributed by atoms with E-state index in [9.17, 15) is 0 Å². The van der Waals surface area contributed by atoms with Gasteiger partial charge in [0, 0.05) is 17.2 Å². The van der Waals surface area contributed by atoms with E-state index in [-0.39, 0.29) is 10.8 Å². The van der Waals surface area contributed by atoms with Crippen LogP contribution in [0, 0.1) is 16.7 Å². The number of hydrogen-bond acceptors (Lipinski definition) is 3. The third-order valence-electron chi connectivity index (χ3n) is 2.22. The summed E-state index contributed by atoms with van der Waals surface area (Å²) in [5.41, 5.74) is 0.912. The zero-order valence-electron chi connectivity index (χ0n) is 10.1. The lowest BCUT2D eigenvalue weighted by atomic mass is 9.91. The van der Waals surface area contributed by atoms with Crippen LogP contribution >= 0.6 is 11.3 Å². The van der Waals surface area contributed by atoms with Crippen LogP contribution in [0.4, 0.5) is 0 Å². The van der Waals surface area contributed by atoms with Gasteiger partial charge in [-0.05, 0) is 13.8 Å². The van der Waals surface area contributed by atoms with Gasteiger partial charge in [-0.2, -0.15) is 5.26 Å². The summed E-state index contributed by atoms with van der Waals surface area (Å²) in [6, 6.07) is 2.30. The van der Waals surface area contributed by atoms with E-state index in [1.54, 1.807) is 11.3 Å². The molecule has 0 saturated carbocycles. The normalized spacial score (nSPS) is 12.5. The van der Waals surface area contributed by atoms with Crippen LogP contribution in [-0.2, 0) is 11.8 Å². The van der Waals surface area contributed by atoms with Gasteiger partial charge in [0.1, 0.15) is 0 Å². The predicted molar refractivity (Wildman–Crippen MR) is 63.9 cm³/mol. The molecule has 0 N–H and O–H groups in total. The van der Waals surface area contributed by atoms with Gasteiger partial charge in [0.2, 0.25) is 0 Å². The first-order valence-electron chi connectivity index (χ1n) is 5.11. The molecular weight excluding hydrogens is 204 g/mol. The van der Waals surface area contributed by atoms with Crippen molar-refractivity contribution in [2.45, 2.75) is 46.5 Å². The van der Waals surface area contributed by atoms with Crippen LogP contribution in [0.3, 0.4) is 0 Å². The van der Waals surface area contributed by atoms with Crippen LogP contribution in [-0.4, -0.2) is 4.98 Å². The van der Waals surface area contributed by atoms with Crippen LogP contribution in [0.2, 0.25) is 0 Å². The highest BCUT2D eigenvalue weighted by Gasteiger charge is 2.22. The lowest BCUT2D eigenvalue weighted by molar-refractivity contribution is 0.488. The first-order chi connectivity index (χ1) is 6.74. The Balaban J connectivity index is 2.83. The largest absolute Gasteiger partial charge is 0.246 e. The molecule has 2 nitrogen and oxygen atoms in total. The van der Waals surface area contributed by atoms with Gasteiger partial charge in [-0.15, -0.1) is 11.3 Å². The monoisotopic (exact) mass is 222 g/mol. The summed E-state index contributed by atoms with van der Waals surface area (Å²) in [7, 11) is 0. The summed E-state index contributed by atoms with van der Waals surface area (Å²) < 4.78 is 0. The van der Waals surface area contributed by atoms with E-state index in [1.165, 1.54) is 0 Å². The van der Waals surface area contributed by atoms with Gasteiger partial charge in [0.15, 0.2) is 0 Å². The van der Waals surface area contributed by atoms with Crippen LogP contribution in [0.5, 0.6) is 0 Å². The zero-order valence-corrected chi connectivity index (χ0v) is 10.9. The van der Waals surface area contributed by atoms with Gasteiger partial charge in [0.25, 0.3) is 0 Å². The predicted octanol–water partition coefficient (Wildman–Crippen LogP) is 3.53. The van der Waals surface area contributed by atoms with Gasteiger partial charge < -0.3 is 0 Å². The van der Waals surface area contributed by atoms with E-state index in [2.05, 4.69) is 37.2 Å². The second kappa shape index (κ2) is 3.94. The third-order valence-corrected chi connectivity index (χ3v) is 3.06. The maximum Gasteiger partial charge on any atom is 0.0944 e. The van der Waals surface area contributed by atoms with E-state index in [1.807, 2.05) is 13.8 Å². The van der Waals surface area contributed by atoms with E-state index in [4.69, 9.17) is 5.26 Å². The summed E-state index contributed by atoms with van der Waals surface area (Å²) >= 11 is 1.66. The van der Waals surface area contributed by atoms with Crippen molar-refractivity contribution in [1.29, 1.82) is 5.26 Å². The molecule has 0 aliphatic carbocycles. The molecule has 0 aromatic carbocycles.